The van der Waals surface area contributed by atoms with Gasteiger partial charge in [0, 0.05) is 18.3 Å². The van der Waals surface area contributed by atoms with Crippen molar-refractivity contribution in [3.63, 3.8) is 0 Å². The van der Waals surface area contributed by atoms with E-state index in [1.807, 2.05) is 0 Å². The molecule has 0 aliphatic carbocycles. The molecule has 184 valence electrons. The monoisotopic (exact) mass is 552 g/mol. The van der Waals surface area contributed by atoms with Gasteiger partial charge in [-0.05, 0) is 18.3 Å². The summed E-state index contributed by atoms with van der Waals surface area (Å²) in [6, 6.07) is 0. The molecule has 0 spiro atoms. The van der Waals surface area contributed by atoms with E-state index < -0.39 is 60.7 Å². The van der Waals surface area contributed by atoms with Crippen LogP contribution in [-0.2, 0) is 31.6 Å². The number of alkyl halides is 4. The number of nitrogens with zero attached hydrogens (tertiary/aromatic N) is 1. The van der Waals surface area contributed by atoms with Gasteiger partial charge in [-0.2, -0.15) is 21.8 Å². The van der Waals surface area contributed by atoms with E-state index in [9.17, 15) is 31.8 Å². The van der Waals surface area contributed by atoms with Crippen molar-refractivity contribution in [2.24, 2.45) is 0 Å². The highest BCUT2D eigenvalue weighted by molar-refractivity contribution is 7.80. The molecule has 13 nitrogen and oxygen atoms in total. The van der Waals surface area contributed by atoms with E-state index in [2.05, 4.69) is 25.0 Å². The van der Waals surface area contributed by atoms with Crippen LogP contribution in [0.1, 0.15) is 6.42 Å². The third-order valence-electron chi connectivity index (χ3n) is 3.74. The number of halogens is 4. The van der Waals surface area contributed by atoms with Gasteiger partial charge in [-0.3, -0.25) is 9.42 Å². The van der Waals surface area contributed by atoms with Crippen molar-refractivity contribution < 1.29 is 68.7 Å². The van der Waals surface area contributed by atoms with Crippen LogP contribution >= 0.6 is 35.7 Å². The highest BCUT2D eigenvalue weighted by Gasteiger charge is 2.68. The first-order chi connectivity index (χ1) is 14.2. The normalized spacial score (nSPS) is 30.7. The second kappa shape index (κ2) is 9.13. The predicted octanol–water partition coefficient (Wildman–Crippen LogP) is 1.93. The number of hydrogen-bond acceptors (Lipinski definition) is 8. The maximum Gasteiger partial charge on any atom is 0.490 e. The number of phosphoric ester groups is 1. The van der Waals surface area contributed by atoms with E-state index in [1.54, 1.807) is 0 Å². The van der Waals surface area contributed by atoms with Crippen LogP contribution in [0.25, 0.3) is 0 Å². The Morgan fingerprint density at radius 1 is 1.25 bits per heavy atom. The van der Waals surface area contributed by atoms with Gasteiger partial charge in [0.25, 0.3) is 5.67 Å². The molecule has 3 unspecified atom stereocenters. The second-order valence-corrected chi connectivity index (χ2v) is 11.0. The van der Waals surface area contributed by atoms with Gasteiger partial charge in [0.15, 0.2) is 11.3 Å². The number of phosphoric acid groups is 3. The van der Waals surface area contributed by atoms with Gasteiger partial charge < -0.3 is 29.6 Å². The number of rotatable bonds is 8. The summed E-state index contributed by atoms with van der Waals surface area (Å²) in [7, 11) is -17.1. The fraction of sp³-hybridized carbons (Fsp3) is 0.545. The van der Waals surface area contributed by atoms with Gasteiger partial charge >= 0.3 is 29.6 Å². The average Bonchev–Trinajstić information content (AvgIpc) is 2.87. The molecule has 0 amide bonds. The van der Waals surface area contributed by atoms with Crippen molar-refractivity contribution >= 4 is 40.8 Å². The summed E-state index contributed by atoms with van der Waals surface area (Å²) < 4.78 is 105. The molecule has 2 aliphatic rings. The fourth-order valence-electron chi connectivity index (χ4n) is 2.56. The van der Waals surface area contributed by atoms with Crippen molar-refractivity contribution in [3.8, 4) is 0 Å². The summed E-state index contributed by atoms with van der Waals surface area (Å²) >= 11 is 4.85. The highest BCUT2D eigenvalue weighted by Crippen LogP contribution is 2.66. The standard InChI is InChI=1S/C11H15F4N2O11P3S/c1-6-2-3-17(9(32)16-6)8-10(12,11(13,14)15)4-7(26-8)5-25-30(21,22)28-31(23,24)27-29(18,19)20/h2-3,7-8H,1,4-5H2,(H,16,32)(H,21,22)(H,23,24)(H2,18,19,20)/t7-,8+,10?/m0/s1. The lowest BCUT2D eigenvalue weighted by Gasteiger charge is -2.37. The van der Waals surface area contributed by atoms with Crippen LogP contribution in [0.15, 0.2) is 24.6 Å². The van der Waals surface area contributed by atoms with Crippen LogP contribution in [0, 0.1) is 0 Å². The van der Waals surface area contributed by atoms with Crippen LogP contribution in [0.5, 0.6) is 0 Å². The zero-order valence-corrected chi connectivity index (χ0v) is 18.8. The molecular formula is C11H15F4N2O11P3S. The number of hydrogen-bond donors (Lipinski definition) is 5. The molecule has 0 radical (unpaired) electrons. The average molecular weight is 552 g/mol. The van der Waals surface area contributed by atoms with Crippen molar-refractivity contribution in [1.82, 2.24) is 10.2 Å². The summed E-state index contributed by atoms with van der Waals surface area (Å²) in [5.74, 6) is 0. The molecular weight excluding hydrogens is 537 g/mol. The van der Waals surface area contributed by atoms with Crippen molar-refractivity contribution in [2.75, 3.05) is 6.61 Å². The summed E-state index contributed by atoms with van der Waals surface area (Å²) in [5, 5.41) is 2.01. The molecule has 0 aromatic carbocycles. The van der Waals surface area contributed by atoms with E-state index >= 15 is 4.39 Å². The molecule has 0 saturated carbocycles. The van der Waals surface area contributed by atoms with Crippen LogP contribution in [0.2, 0.25) is 0 Å². The maximum atomic E-state index is 15.0. The van der Waals surface area contributed by atoms with Gasteiger partial charge in [0.2, 0.25) is 0 Å². The van der Waals surface area contributed by atoms with E-state index in [0.29, 0.717) is 4.90 Å². The largest absolute Gasteiger partial charge is 0.490 e. The summed E-state index contributed by atoms with van der Waals surface area (Å²) in [4.78, 5) is 35.9. The Morgan fingerprint density at radius 2 is 1.84 bits per heavy atom. The molecule has 21 heteroatoms. The molecule has 0 aromatic heterocycles. The Kier molecular flexibility index (Phi) is 7.85. The van der Waals surface area contributed by atoms with E-state index in [4.69, 9.17) is 31.6 Å². The molecule has 0 aromatic rings. The SMILES string of the molecule is C=C1C=CN([C@@H]2O[C@H](COP(=O)(O)OP(=O)(O)OP(=O)(O)O)CC2(F)C(F)(F)F)C(=S)N1. The molecule has 5 atom stereocenters. The first-order valence-electron chi connectivity index (χ1n) is 7.91. The fourth-order valence-corrected chi connectivity index (χ4v) is 5.89. The van der Waals surface area contributed by atoms with Crippen LogP contribution in [-0.4, -0.2) is 60.4 Å². The molecule has 2 rings (SSSR count). The van der Waals surface area contributed by atoms with Crippen LogP contribution in [0.4, 0.5) is 17.6 Å². The second-order valence-electron chi connectivity index (χ2n) is 6.24. The lowest BCUT2D eigenvalue weighted by atomic mass is 9.98. The Morgan fingerprint density at radius 3 is 2.34 bits per heavy atom. The third kappa shape index (κ3) is 6.88. The smallest absolute Gasteiger partial charge is 0.348 e. The summed E-state index contributed by atoms with van der Waals surface area (Å²) in [5.41, 5.74) is -3.84. The van der Waals surface area contributed by atoms with Crippen molar-refractivity contribution in [1.29, 1.82) is 0 Å². The van der Waals surface area contributed by atoms with E-state index in [-0.39, 0.29) is 10.8 Å². The van der Waals surface area contributed by atoms with E-state index in [1.165, 1.54) is 6.08 Å². The zero-order chi connectivity index (χ0) is 24.8. The number of thiocarbonyl (C=S) groups is 1. The highest BCUT2D eigenvalue weighted by atomic mass is 32.1. The summed E-state index contributed by atoms with van der Waals surface area (Å²) in [6.45, 7) is 2.20. The van der Waals surface area contributed by atoms with Gasteiger partial charge in [0.1, 0.15) is 0 Å². The van der Waals surface area contributed by atoms with E-state index in [0.717, 1.165) is 6.20 Å². The van der Waals surface area contributed by atoms with Gasteiger partial charge in [0.05, 0.1) is 12.7 Å². The topological polar surface area (TPSA) is 184 Å². The minimum absolute atomic E-state index is 0.199. The third-order valence-corrected chi connectivity index (χ3v) is 7.85. The number of allylic oxidation sites excluding steroid dienone is 1. The quantitative estimate of drug-likeness (QED) is 0.167. The summed E-state index contributed by atoms with van der Waals surface area (Å²) in [6.07, 6.45) is -9.02. The molecule has 32 heavy (non-hydrogen) atoms. The number of ether oxygens (including phenoxy) is 1. The lowest BCUT2D eigenvalue weighted by Crippen LogP contribution is -2.57. The Labute approximate surface area is 182 Å². The lowest BCUT2D eigenvalue weighted by molar-refractivity contribution is -0.255. The van der Waals surface area contributed by atoms with Crippen molar-refractivity contribution in [2.45, 2.75) is 30.6 Å². The minimum Gasteiger partial charge on any atom is -0.348 e. The molecule has 1 saturated heterocycles. The molecule has 2 aliphatic heterocycles. The molecule has 2 heterocycles. The molecule has 0 bridgehead atoms. The van der Waals surface area contributed by atoms with Gasteiger partial charge in [-0.1, -0.05) is 6.58 Å². The predicted molar refractivity (Wildman–Crippen MR) is 98.8 cm³/mol. The zero-order valence-electron chi connectivity index (χ0n) is 15.3. The Bertz CT molecular complexity index is 958. The number of nitrogens with one attached hydrogen (secondary N) is 1. The minimum atomic E-state index is -5.84. The van der Waals surface area contributed by atoms with Crippen LogP contribution in [0.3, 0.4) is 0 Å². The van der Waals surface area contributed by atoms with Crippen molar-refractivity contribution in [3.05, 3.63) is 24.6 Å². The Balaban J connectivity index is 2.15. The van der Waals surface area contributed by atoms with Gasteiger partial charge in [-0.15, -0.1) is 0 Å². The first kappa shape index (κ1) is 27.5. The Hall–Kier alpha value is -0.740. The maximum absolute atomic E-state index is 15.0. The molecule has 5 N–H and O–H groups in total. The first-order valence-corrected chi connectivity index (χ1v) is 12.8. The van der Waals surface area contributed by atoms with Crippen LogP contribution < -0.4 is 5.32 Å². The van der Waals surface area contributed by atoms with Gasteiger partial charge in [-0.25, -0.2) is 18.1 Å². The molecule has 1 fully saturated rings.